The van der Waals surface area contributed by atoms with E-state index in [4.69, 9.17) is 5.73 Å². The predicted molar refractivity (Wildman–Crippen MR) is 84.7 cm³/mol. The first-order valence-corrected chi connectivity index (χ1v) is 7.86. The summed E-state index contributed by atoms with van der Waals surface area (Å²) in [5, 5.41) is 2.88. The zero-order chi connectivity index (χ0) is 16.3. The molecular weight excluding hydrogens is 266 g/mol. The summed E-state index contributed by atoms with van der Waals surface area (Å²) in [7, 11) is 1.69. The lowest BCUT2D eigenvalue weighted by molar-refractivity contribution is -0.145. The van der Waals surface area contributed by atoms with E-state index >= 15 is 0 Å². The average Bonchev–Trinajstić information content (AvgIpc) is 2.37. The number of nitrogens with two attached hydrogens (primary N) is 1. The Morgan fingerprint density at radius 3 is 2.24 bits per heavy atom. The third-order valence-electron chi connectivity index (χ3n) is 4.32. The van der Waals surface area contributed by atoms with Crippen LogP contribution in [0.25, 0.3) is 0 Å². The number of nitrogens with zero attached hydrogens (tertiary/aromatic N) is 1. The van der Waals surface area contributed by atoms with Gasteiger partial charge in [0.2, 0.25) is 11.8 Å². The molecule has 0 atom stereocenters. The fourth-order valence-corrected chi connectivity index (χ4v) is 2.97. The monoisotopic (exact) mass is 297 g/mol. The summed E-state index contributed by atoms with van der Waals surface area (Å²) in [5.74, 6) is 0.544. The van der Waals surface area contributed by atoms with E-state index < -0.39 is 5.41 Å². The van der Waals surface area contributed by atoms with Crippen molar-refractivity contribution in [2.45, 2.75) is 58.9 Å². The number of hydrogen-bond donors (Lipinski definition) is 2. The molecule has 0 heterocycles. The van der Waals surface area contributed by atoms with Crippen LogP contribution in [0.5, 0.6) is 0 Å². The van der Waals surface area contributed by atoms with E-state index in [2.05, 4.69) is 12.2 Å². The Kier molecular flexibility index (Phi) is 5.79. The molecule has 2 amide bonds. The van der Waals surface area contributed by atoms with E-state index in [1.54, 1.807) is 7.05 Å². The zero-order valence-electron chi connectivity index (χ0n) is 14.2. The Labute approximate surface area is 128 Å². The summed E-state index contributed by atoms with van der Waals surface area (Å²) in [6.07, 6.45) is 3.72. The van der Waals surface area contributed by atoms with Gasteiger partial charge in [0, 0.05) is 19.1 Å². The van der Waals surface area contributed by atoms with Crippen molar-refractivity contribution in [1.82, 2.24) is 10.2 Å². The highest BCUT2D eigenvalue weighted by Crippen LogP contribution is 2.39. The van der Waals surface area contributed by atoms with Crippen LogP contribution in [0.4, 0.5) is 0 Å². The summed E-state index contributed by atoms with van der Waals surface area (Å²) in [5.41, 5.74) is 5.15. The Morgan fingerprint density at radius 2 is 1.81 bits per heavy atom. The number of hydrogen-bond acceptors (Lipinski definition) is 3. The smallest absolute Gasteiger partial charge is 0.240 e. The zero-order valence-corrected chi connectivity index (χ0v) is 14.2. The van der Waals surface area contributed by atoms with Gasteiger partial charge in [-0.15, -0.1) is 0 Å². The lowest BCUT2D eigenvalue weighted by Crippen LogP contribution is -2.52. The van der Waals surface area contributed by atoms with Crippen LogP contribution in [0.15, 0.2) is 0 Å². The molecule has 1 saturated carbocycles. The van der Waals surface area contributed by atoms with Gasteiger partial charge in [-0.3, -0.25) is 9.59 Å². The molecule has 122 valence electrons. The topological polar surface area (TPSA) is 75.4 Å². The predicted octanol–water partition coefficient (Wildman–Crippen LogP) is 1.51. The van der Waals surface area contributed by atoms with E-state index in [1.165, 1.54) is 4.90 Å². The fraction of sp³-hybridized carbons (Fsp3) is 0.875. The minimum absolute atomic E-state index is 0.0148. The van der Waals surface area contributed by atoms with Crippen molar-refractivity contribution in [3.63, 3.8) is 0 Å². The van der Waals surface area contributed by atoms with Crippen LogP contribution in [0.2, 0.25) is 0 Å². The first kappa shape index (κ1) is 18.0. The summed E-state index contributed by atoms with van der Waals surface area (Å²) in [6.45, 7) is 8.45. The lowest BCUT2D eigenvalue weighted by atomic mass is 9.70. The highest BCUT2D eigenvalue weighted by Gasteiger charge is 2.41. The van der Waals surface area contributed by atoms with Crippen LogP contribution in [0.1, 0.15) is 53.4 Å². The molecule has 5 heteroatoms. The molecule has 3 N–H and O–H groups in total. The van der Waals surface area contributed by atoms with Gasteiger partial charge >= 0.3 is 0 Å². The van der Waals surface area contributed by atoms with Gasteiger partial charge in [-0.1, -0.05) is 6.92 Å². The molecule has 0 aliphatic heterocycles. The van der Waals surface area contributed by atoms with Crippen LogP contribution in [0, 0.1) is 11.3 Å². The number of rotatable bonds is 4. The number of carbonyl (C=O) groups excluding carboxylic acids is 2. The highest BCUT2D eigenvalue weighted by molar-refractivity contribution is 5.88. The SMILES string of the molecule is CC1CCC(CN)(C(=O)N(C)CC(=O)NC(C)(C)C)CC1. The van der Waals surface area contributed by atoms with Gasteiger partial charge in [-0.05, 0) is 52.4 Å². The third-order valence-corrected chi connectivity index (χ3v) is 4.32. The van der Waals surface area contributed by atoms with Crippen LogP contribution >= 0.6 is 0 Å². The quantitative estimate of drug-likeness (QED) is 0.826. The van der Waals surface area contributed by atoms with Crippen molar-refractivity contribution in [2.75, 3.05) is 20.1 Å². The van der Waals surface area contributed by atoms with E-state index in [-0.39, 0.29) is 23.9 Å². The maximum atomic E-state index is 12.7. The van der Waals surface area contributed by atoms with E-state index in [1.807, 2.05) is 20.8 Å². The first-order valence-electron chi connectivity index (χ1n) is 7.86. The molecule has 5 nitrogen and oxygen atoms in total. The van der Waals surface area contributed by atoms with Crippen molar-refractivity contribution in [3.05, 3.63) is 0 Å². The molecular formula is C16H31N3O2. The van der Waals surface area contributed by atoms with Crippen LogP contribution in [-0.2, 0) is 9.59 Å². The Hall–Kier alpha value is -1.10. The molecule has 0 spiro atoms. The third kappa shape index (κ3) is 4.99. The molecule has 21 heavy (non-hydrogen) atoms. The van der Waals surface area contributed by atoms with Crippen LogP contribution in [0.3, 0.4) is 0 Å². The standard InChI is InChI=1S/C16H31N3O2/c1-12-6-8-16(11-17,9-7-12)14(21)19(5)10-13(20)18-15(2,3)4/h12H,6-11,17H2,1-5H3,(H,18,20). The van der Waals surface area contributed by atoms with Crippen molar-refractivity contribution < 1.29 is 9.59 Å². The largest absolute Gasteiger partial charge is 0.350 e. The van der Waals surface area contributed by atoms with Gasteiger partial charge in [0.15, 0.2) is 0 Å². The molecule has 0 aromatic heterocycles. The van der Waals surface area contributed by atoms with E-state index in [0.29, 0.717) is 12.5 Å². The summed E-state index contributed by atoms with van der Waals surface area (Å²) >= 11 is 0. The van der Waals surface area contributed by atoms with E-state index in [0.717, 1.165) is 25.7 Å². The highest BCUT2D eigenvalue weighted by atomic mass is 16.2. The second kappa shape index (κ2) is 6.77. The summed E-state index contributed by atoms with van der Waals surface area (Å²) in [4.78, 5) is 26.2. The fourth-order valence-electron chi connectivity index (χ4n) is 2.97. The van der Waals surface area contributed by atoms with Crippen molar-refractivity contribution in [1.29, 1.82) is 0 Å². The Morgan fingerprint density at radius 1 is 1.29 bits per heavy atom. The number of amides is 2. The molecule has 0 bridgehead atoms. The first-order chi connectivity index (χ1) is 9.59. The van der Waals surface area contributed by atoms with Crippen LogP contribution < -0.4 is 11.1 Å². The van der Waals surface area contributed by atoms with Gasteiger partial charge in [0.05, 0.1) is 12.0 Å². The molecule has 1 aliphatic carbocycles. The molecule has 0 saturated heterocycles. The molecule has 0 aromatic rings. The molecule has 1 aliphatic rings. The molecule has 1 rings (SSSR count). The number of nitrogens with one attached hydrogen (secondary N) is 1. The van der Waals surface area contributed by atoms with Crippen LogP contribution in [-0.4, -0.2) is 42.4 Å². The van der Waals surface area contributed by atoms with Gasteiger partial charge in [0.1, 0.15) is 0 Å². The Balaban J connectivity index is 2.66. The second-order valence-electron chi connectivity index (χ2n) is 7.63. The molecule has 0 aromatic carbocycles. The molecule has 1 fully saturated rings. The minimum atomic E-state index is -0.469. The maximum Gasteiger partial charge on any atom is 0.240 e. The minimum Gasteiger partial charge on any atom is -0.350 e. The number of likely N-dealkylation sites (N-methyl/N-ethyl adjacent to an activating group) is 1. The van der Waals surface area contributed by atoms with Gasteiger partial charge in [-0.2, -0.15) is 0 Å². The van der Waals surface area contributed by atoms with Gasteiger partial charge in [0.25, 0.3) is 0 Å². The van der Waals surface area contributed by atoms with E-state index in [9.17, 15) is 9.59 Å². The van der Waals surface area contributed by atoms with Gasteiger partial charge < -0.3 is 16.0 Å². The summed E-state index contributed by atoms with van der Waals surface area (Å²) < 4.78 is 0. The Bertz CT molecular complexity index is 379. The second-order valence-corrected chi connectivity index (χ2v) is 7.63. The maximum absolute atomic E-state index is 12.7. The number of carbonyl (C=O) groups is 2. The lowest BCUT2D eigenvalue weighted by Gasteiger charge is -2.39. The van der Waals surface area contributed by atoms with Crippen molar-refractivity contribution >= 4 is 11.8 Å². The average molecular weight is 297 g/mol. The van der Waals surface area contributed by atoms with Crippen molar-refractivity contribution in [3.8, 4) is 0 Å². The normalized spacial score (nSPS) is 26.3. The molecule has 0 radical (unpaired) electrons. The van der Waals surface area contributed by atoms with Crippen molar-refractivity contribution in [2.24, 2.45) is 17.1 Å². The van der Waals surface area contributed by atoms with Gasteiger partial charge in [-0.25, -0.2) is 0 Å². The molecule has 0 unspecified atom stereocenters. The summed E-state index contributed by atoms with van der Waals surface area (Å²) in [6, 6.07) is 0.